The van der Waals surface area contributed by atoms with Crippen molar-refractivity contribution in [1.82, 2.24) is 10.2 Å². The minimum Gasteiger partial charge on any atom is -0.484 e. The summed E-state index contributed by atoms with van der Waals surface area (Å²) in [7, 11) is 0. The Morgan fingerprint density at radius 1 is 1.18 bits per heavy atom. The quantitative estimate of drug-likeness (QED) is 0.872. The molecule has 118 valence electrons. The summed E-state index contributed by atoms with van der Waals surface area (Å²) in [4.78, 5) is 14.2. The number of benzene rings is 1. The molecule has 0 spiro atoms. The van der Waals surface area contributed by atoms with E-state index in [9.17, 15) is 4.79 Å². The summed E-state index contributed by atoms with van der Waals surface area (Å²) >= 11 is 0. The number of carbonyl (C=O) groups excluding carboxylic acids is 1. The Kier molecular flexibility index (Phi) is 6.72. The van der Waals surface area contributed by atoms with Gasteiger partial charge in [0.25, 0.3) is 5.91 Å². The van der Waals surface area contributed by atoms with E-state index in [1.807, 2.05) is 6.07 Å². The third-order valence-corrected chi connectivity index (χ3v) is 3.80. The van der Waals surface area contributed by atoms with Crippen molar-refractivity contribution in [1.29, 1.82) is 5.26 Å². The standard InChI is InChI=1S/C17H23N3O2/c18-13-15-5-7-16(8-6-15)22-14-17(21)19-9-12-20-10-3-1-2-4-11-20/h5-8H,1-4,9-12,14H2,(H,19,21). The molecule has 1 fully saturated rings. The van der Waals surface area contributed by atoms with Crippen LogP contribution >= 0.6 is 0 Å². The normalized spacial score (nSPS) is 15.6. The zero-order valence-corrected chi connectivity index (χ0v) is 12.9. The molecule has 22 heavy (non-hydrogen) atoms. The lowest BCUT2D eigenvalue weighted by Crippen LogP contribution is -2.37. The number of rotatable bonds is 6. The highest BCUT2D eigenvalue weighted by Gasteiger charge is 2.09. The van der Waals surface area contributed by atoms with Crippen LogP contribution in [0.4, 0.5) is 0 Å². The largest absolute Gasteiger partial charge is 0.484 e. The van der Waals surface area contributed by atoms with Crippen molar-refractivity contribution < 1.29 is 9.53 Å². The first-order valence-electron chi connectivity index (χ1n) is 7.90. The maximum absolute atomic E-state index is 11.7. The van der Waals surface area contributed by atoms with E-state index in [-0.39, 0.29) is 12.5 Å². The number of ether oxygens (including phenoxy) is 1. The smallest absolute Gasteiger partial charge is 0.257 e. The van der Waals surface area contributed by atoms with Gasteiger partial charge >= 0.3 is 0 Å². The van der Waals surface area contributed by atoms with Crippen LogP contribution in [-0.2, 0) is 4.79 Å². The highest BCUT2D eigenvalue weighted by molar-refractivity contribution is 5.77. The van der Waals surface area contributed by atoms with Crippen molar-refractivity contribution in [2.75, 3.05) is 32.8 Å². The van der Waals surface area contributed by atoms with E-state index in [0.717, 1.165) is 19.6 Å². The lowest BCUT2D eigenvalue weighted by molar-refractivity contribution is -0.123. The van der Waals surface area contributed by atoms with Gasteiger partial charge < -0.3 is 15.0 Å². The van der Waals surface area contributed by atoms with E-state index in [2.05, 4.69) is 10.2 Å². The highest BCUT2D eigenvalue weighted by atomic mass is 16.5. The van der Waals surface area contributed by atoms with E-state index < -0.39 is 0 Å². The topological polar surface area (TPSA) is 65.4 Å². The number of hydrogen-bond acceptors (Lipinski definition) is 4. The molecule has 1 aromatic rings. The summed E-state index contributed by atoms with van der Waals surface area (Å²) in [5, 5.41) is 11.6. The van der Waals surface area contributed by atoms with Crippen LogP contribution in [0.3, 0.4) is 0 Å². The molecular formula is C17H23N3O2. The number of hydrogen-bond donors (Lipinski definition) is 1. The molecule has 0 atom stereocenters. The zero-order valence-electron chi connectivity index (χ0n) is 12.9. The second-order valence-corrected chi connectivity index (χ2v) is 5.53. The fourth-order valence-corrected chi connectivity index (χ4v) is 2.54. The molecule has 1 aliphatic heterocycles. The Balaban J connectivity index is 1.62. The third-order valence-electron chi connectivity index (χ3n) is 3.80. The van der Waals surface area contributed by atoms with Gasteiger partial charge in [-0.2, -0.15) is 5.26 Å². The molecule has 5 heteroatoms. The highest BCUT2D eigenvalue weighted by Crippen LogP contribution is 2.11. The van der Waals surface area contributed by atoms with Crippen molar-refractivity contribution in [3.63, 3.8) is 0 Å². The van der Waals surface area contributed by atoms with Crippen LogP contribution in [0.25, 0.3) is 0 Å². The Bertz CT molecular complexity index is 500. The van der Waals surface area contributed by atoms with Crippen molar-refractivity contribution in [2.24, 2.45) is 0 Å². The molecule has 2 rings (SSSR count). The fraction of sp³-hybridized carbons (Fsp3) is 0.529. The molecule has 0 unspecified atom stereocenters. The molecule has 1 aromatic carbocycles. The minimum absolute atomic E-state index is 0.00585. The Morgan fingerprint density at radius 3 is 2.50 bits per heavy atom. The molecular weight excluding hydrogens is 278 g/mol. The summed E-state index contributed by atoms with van der Waals surface area (Å²) < 4.78 is 5.39. The van der Waals surface area contributed by atoms with Crippen LogP contribution in [-0.4, -0.2) is 43.6 Å². The lowest BCUT2D eigenvalue weighted by atomic mass is 10.2. The average molecular weight is 301 g/mol. The minimum atomic E-state index is -0.112. The Morgan fingerprint density at radius 2 is 1.86 bits per heavy atom. The Hall–Kier alpha value is -2.06. The average Bonchev–Trinajstić information content (AvgIpc) is 2.82. The van der Waals surface area contributed by atoms with Crippen LogP contribution in [0.5, 0.6) is 5.75 Å². The summed E-state index contributed by atoms with van der Waals surface area (Å²) in [5.74, 6) is 0.487. The molecule has 5 nitrogen and oxygen atoms in total. The fourth-order valence-electron chi connectivity index (χ4n) is 2.54. The van der Waals surface area contributed by atoms with E-state index in [1.54, 1.807) is 24.3 Å². The second kappa shape index (κ2) is 9.06. The zero-order chi connectivity index (χ0) is 15.6. The first-order chi connectivity index (χ1) is 10.8. The maximum atomic E-state index is 11.7. The molecule has 1 heterocycles. The predicted molar refractivity (Wildman–Crippen MR) is 84.6 cm³/mol. The van der Waals surface area contributed by atoms with Gasteiger partial charge in [0.15, 0.2) is 6.61 Å². The number of nitrogens with zero attached hydrogens (tertiary/aromatic N) is 2. The summed E-state index contributed by atoms with van der Waals surface area (Å²) in [6.07, 6.45) is 5.16. The van der Waals surface area contributed by atoms with Gasteiger partial charge in [-0.1, -0.05) is 12.8 Å². The summed E-state index contributed by atoms with van der Waals surface area (Å²) in [6.45, 7) is 3.85. The van der Waals surface area contributed by atoms with Crippen LogP contribution in [0, 0.1) is 11.3 Å². The predicted octanol–water partition coefficient (Wildman–Crippen LogP) is 1.93. The lowest BCUT2D eigenvalue weighted by Gasteiger charge is -2.19. The van der Waals surface area contributed by atoms with E-state index >= 15 is 0 Å². The van der Waals surface area contributed by atoms with Gasteiger partial charge in [0.2, 0.25) is 0 Å². The second-order valence-electron chi connectivity index (χ2n) is 5.53. The van der Waals surface area contributed by atoms with Gasteiger partial charge in [-0.15, -0.1) is 0 Å². The van der Waals surface area contributed by atoms with Gasteiger partial charge in [0.05, 0.1) is 11.6 Å². The summed E-state index contributed by atoms with van der Waals surface area (Å²) in [6, 6.07) is 8.78. The van der Waals surface area contributed by atoms with Crippen molar-refractivity contribution in [3.8, 4) is 11.8 Å². The molecule has 0 aliphatic carbocycles. The van der Waals surface area contributed by atoms with Crippen LogP contribution in [0.15, 0.2) is 24.3 Å². The van der Waals surface area contributed by atoms with E-state index in [4.69, 9.17) is 10.00 Å². The van der Waals surface area contributed by atoms with Gasteiger partial charge in [-0.3, -0.25) is 4.79 Å². The number of likely N-dealkylation sites (tertiary alicyclic amines) is 1. The molecule has 0 aromatic heterocycles. The SMILES string of the molecule is N#Cc1ccc(OCC(=O)NCCN2CCCCCC2)cc1. The van der Waals surface area contributed by atoms with E-state index in [0.29, 0.717) is 17.9 Å². The third kappa shape index (κ3) is 5.74. The van der Waals surface area contributed by atoms with Gasteiger partial charge in [0.1, 0.15) is 5.75 Å². The number of amides is 1. The monoisotopic (exact) mass is 301 g/mol. The Labute approximate surface area is 131 Å². The van der Waals surface area contributed by atoms with Gasteiger partial charge in [0, 0.05) is 13.1 Å². The maximum Gasteiger partial charge on any atom is 0.257 e. The summed E-state index contributed by atoms with van der Waals surface area (Å²) in [5.41, 5.74) is 0.578. The molecule has 1 aliphatic rings. The molecule has 1 saturated heterocycles. The van der Waals surface area contributed by atoms with Crippen molar-refractivity contribution in [2.45, 2.75) is 25.7 Å². The first kappa shape index (κ1) is 16.3. The molecule has 0 saturated carbocycles. The van der Waals surface area contributed by atoms with E-state index in [1.165, 1.54) is 25.7 Å². The number of carbonyl (C=O) groups is 1. The van der Waals surface area contributed by atoms with Crippen LogP contribution < -0.4 is 10.1 Å². The van der Waals surface area contributed by atoms with Crippen LogP contribution in [0.1, 0.15) is 31.2 Å². The van der Waals surface area contributed by atoms with Crippen molar-refractivity contribution in [3.05, 3.63) is 29.8 Å². The van der Waals surface area contributed by atoms with Crippen molar-refractivity contribution >= 4 is 5.91 Å². The molecule has 0 radical (unpaired) electrons. The number of nitrogens with one attached hydrogen (secondary N) is 1. The molecule has 1 N–H and O–H groups in total. The molecule has 1 amide bonds. The first-order valence-corrected chi connectivity index (χ1v) is 7.90. The van der Waals surface area contributed by atoms with Crippen LogP contribution in [0.2, 0.25) is 0 Å². The molecule has 0 bridgehead atoms. The van der Waals surface area contributed by atoms with Gasteiger partial charge in [-0.25, -0.2) is 0 Å². The number of nitriles is 1. The van der Waals surface area contributed by atoms with Gasteiger partial charge in [-0.05, 0) is 50.2 Å².